The highest BCUT2D eigenvalue weighted by Crippen LogP contribution is 2.18. The van der Waals surface area contributed by atoms with Gasteiger partial charge < -0.3 is 5.11 Å². The number of carbonyl (C=O) groups is 1. The van der Waals surface area contributed by atoms with Crippen LogP contribution < -0.4 is 4.31 Å². The Bertz CT molecular complexity index is 526. The Kier molecular flexibility index (Phi) is 3.13. The van der Waals surface area contributed by atoms with E-state index in [-0.39, 0.29) is 11.4 Å². The lowest BCUT2D eigenvalue weighted by atomic mass is 10.3. The van der Waals surface area contributed by atoms with E-state index in [0.29, 0.717) is 5.82 Å². The molecular formula is C8H11N3O4S. The molecular weight excluding hydrogens is 234 g/mol. The minimum Gasteiger partial charge on any atom is -0.477 e. The molecule has 0 radical (unpaired) electrons. The predicted molar refractivity (Wildman–Crippen MR) is 57.0 cm³/mol. The molecule has 1 rings (SSSR count). The van der Waals surface area contributed by atoms with E-state index in [1.165, 1.54) is 7.05 Å². The number of sulfonamides is 1. The number of hydrogen-bond donors (Lipinski definition) is 1. The van der Waals surface area contributed by atoms with Crippen molar-refractivity contribution in [2.75, 3.05) is 17.6 Å². The predicted octanol–water partition coefficient (Wildman–Crippen LogP) is -0.121. The number of anilines is 1. The second-order valence-corrected chi connectivity index (χ2v) is 5.20. The van der Waals surface area contributed by atoms with E-state index in [4.69, 9.17) is 5.11 Å². The lowest BCUT2D eigenvalue weighted by Gasteiger charge is -2.17. The van der Waals surface area contributed by atoms with Gasteiger partial charge in [-0.25, -0.2) is 23.2 Å². The van der Waals surface area contributed by atoms with E-state index in [9.17, 15) is 13.2 Å². The van der Waals surface area contributed by atoms with Crippen LogP contribution in [0.3, 0.4) is 0 Å². The second-order valence-electron chi connectivity index (χ2n) is 3.19. The molecule has 16 heavy (non-hydrogen) atoms. The van der Waals surface area contributed by atoms with Gasteiger partial charge in [0.1, 0.15) is 11.4 Å². The monoisotopic (exact) mass is 245 g/mol. The summed E-state index contributed by atoms with van der Waals surface area (Å²) in [5.74, 6) is -1.11. The van der Waals surface area contributed by atoms with Gasteiger partial charge in [-0.05, 0) is 6.92 Å². The Labute approximate surface area is 92.8 Å². The molecule has 0 fully saturated rings. The third-order valence-corrected chi connectivity index (χ3v) is 3.08. The first kappa shape index (κ1) is 12.4. The van der Waals surface area contributed by atoms with Crippen LogP contribution in [0.15, 0.2) is 6.20 Å². The molecule has 0 aliphatic rings. The SMILES string of the molecule is Cc1ncc(C(=O)O)c(N(C)S(C)(=O)=O)n1. The summed E-state index contributed by atoms with van der Waals surface area (Å²) < 4.78 is 23.4. The summed E-state index contributed by atoms with van der Waals surface area (Å²) in [7, 11) is -2.31. The standard InChI is InChI=1S/C8H11N3O4S/c1-5-9-4-6(8(12)13)7(10-5)11(2)16(3,14)15/h4H,1-3H3,(H,12,13). The van der Waals surface area contributed by atoms with Crippen molar-refractivity contribution in [1.82, 2.24) is 9.97 Å². The zero-order chi connectivity index (χ0) is 12.5. The Hall–Kier alpha value is -1.70. The molecule has 1 aromatic heterocycles. The summed E-state index contributed by atoms with van der Waals surface area (Å²) in [5, 5.41) is 8.87. The molecule has 0 bridgehead atoms. The third kappa shape index (κ3) is 2.45. The number of rotatable bonds is 3. The molecule has 0 aliphatic heterocycles. The van der Waals surface area contributed by atoms with E-state index < -0.39 is 16.0 Å². The number of hydrogen-bond acceptors (Lipinski definition) is 5. The van der Waals surface area contributed by atoms with Crippen LogP contribution in [-0.4, -0.2) is 42.8 Å². The molecule has 0 saturated heterocycles. The van der Waals surface area contributed by atoms with Gasteiger partial charge in [0.05, 0.1) is 6.26 Å². The summed E-state index contributed by atoms with van der Waals surface area (Å²) in [6.07, 6.45) is 2.05. The number of aromatic nitrogens is 2. The Morgan fingerprint density at radius 2 is 2.06 bits per heavy atom. The van der Waals surface area contributed by atoms with Crippen molar-refractivity contribution >= 4 is 21.8 Å². The highest BCUT2D eigenvalue weighted by Gasteiger charge is 2.21. The number of carboxylic acid groups (broad SMARTS) is 1. The van der Waals surface area contributed by atoms with Crippen LogP contribution in [0.5, 0.6) is 0 Å². The topological polar surface area (TPSA) is 100 Å². The van der Waals surface area contributed by atoms with Crippen LogP contribution in [-0.2, 0) is 10.0 Å². The van der Waals surface area contributed by atoms with Crippen molar-refractivity contribution < 1.29 is 18.3 Å². The molecule has 0 aliphatic carbocycles. The van der Waals surface area contributed by atoms with Crippen molar-refractivity contribution in [2.24, 2.45) is 0 Å². The molecule has 0 atom stereocenters. The average molecular weight is 245 g/mol. The van der Waals surface area contributed by atoms with Gasteiger partial charge in [0.25, 0.3) is 0 Å². The van der Waals surface area contributed by atoms with Crippen LogP contribution in [0.1, 0.15) is 16.2 Å². The van der Waals surface area contributed by atoms with Crippen molar-refractivity contribution in [3.8, 4) is 0 Å². The average Bonchev–Trinajstić information content (AvgIpc) is 2.14. The van der Waals surface area contributed by atoms with Crippen molar-refractivity contribution in [3.63, 3.8) is 0 Å². The number of aryl methyl sites for hydroxylation is 1. The minimum absolute atomic E-state index is 0.137. The molecule has 1 N–H and O–H groups in total. The molecule has 1 aromatic rings. The fourth-order valence-electron chi connectivity index (χ4n) is 1.01. The van der Waals surface area contributed by atoms with E-state index >= 15 is 0 Å². The minimum atomic E-state index is -3.55. The Morgan fingerprint density at radius 3 is 2.50 bits per heavy atom. The van der Waals surface area contributed by atoms with Gasteiger partial charge in [-0.15, -0.1) is 0 Å². The summed E-state index contributed by atoms with van der Waals surface area (Å²) in [6, 6.07) is 0. The van der Waals surface area contributed by atoms with Crippen molar-refractivity contribution in [3.05, 3.63) is 17.6 Å². The van der Waals surface area contributed by atoms with E-state index in [1.807, 2.05) is 0 Å². The van der Waals surface area contributed by atoms with E-state index in [0.717, 1.165) is 16.8 Å². The maximum Gasteiger partial charge on any atom is 0.341 e. The van der Waals surface area contributed by atoms with Gasteiger partial charge in [0.15, 0.2) is 5.82 Å². The largest absolute Gasteiger partial charge is 0.477 e. The van der Waals surface area contributed by atoms with Crippen LogP contribution in [0.2, 0.25) is 0 Å². The maximum absolute atomic E-state index is 11.3. The third-order valence-electron chi connectivity index (χ3n) is 1.92. The number of carboxylic acids is 1. The van der Waals surface area contributed by atoms with E-state index in [1.54, 1.807) is 6.92 Å². The number of aromatic carboxylic acids is 1. The molecule has 1 heterocycles. The van der Waals surface area contributed by atoms with Gasteiger partial charge in [-0.3, -0.25) is 4.31 Å². The molecule has 8 heteroatoms. The molecule has 7 nitrogen and oxygen atoms in total. The van der Waals surface area contributed by atoms with Crippen LogP contribution >= 0.6 is 0 Å². The fraction of sp³-hybridized carbons (Fsp3) is 0.375. The fourth-order valence-corrected chi connectivity index (χ4v) is 1.46. The highest BCUT2D eigenvalue weighted by molar-refractivity contribution is 7.92. The lowest BCUT2D eigenvalue weighted by molar-refractivity contribution is 0.0697. The Morgan fingerprint density at radius 1 is 1.50 bits per heavy atom. The van der Waals surface area contributed by atoms with Gasteiger partial charge >= 0.3 is 5.97 Å². The van der Waals surface area contributed by atoms with Crippen molar-refractivity contribution in [1.29, 1.82) is 0 Å². The van der Waals surface area contributed by atoms with Crippen LogP contribution in [0, 0.1) is 6.92 Å². The lowest BCUT2D eigenvalue weighted by Crippen LogP contribution is -2.28. The smallest absolute Gasteiger partial charge is 0.341 e. The van der Waals surface area contributed by atoms with Gasteiger partial charge in [0.2, 0.25) is 10.0 Å². The Balaban J connectivity index is 3.42. The molecule has 0 unspecified atom stereocenters. The van der Waals surface area contributed by atoms with Crippen LogP contribution in [0.25, 0.3) is 0 Å². The van der Waals surface area contributed by atoms with Crippen molar-refractivity contribution in [2.45, 2.75) is 6.92 Å². The zero-order valence-corrected chi connectivity index (χ0v) is 9.82. The summed E-state index contributed by atoms with van der Waals surface area (Å²) in [5.41, 5.74) is -0.251. The molecule has 0 spiro atoms. The molecule has 88 valence electrons. The normalized spacial score (nSPS) is 11.2. The first-order valence-corrected chi connectivity index (χ1v) is 6.09. The first-order valence-electron chi connectivity index (χ1n) is 4.24. The van der Waals surface area contributed by atoms with E-state index in [2.05, 4.69) is 9.97 Å². The summed E-state index contributed by atoms with van der Waals surface area (Å²) >= 11 is 0. The molecule has 0 saturated carbocycles. The number of nitrogens with zero attached hydrogens (tertiary/aromatic N) is 3. The highest BCUT2D eigenvalue weighted by atomic mass is 32.2. The summed E-state index contributed by atoms with van der Waals surface area (Å²) in [6.45, 7) is 1.55. The van der Waals surface area contributed by atoms with Gasteiger partial charge in [-0.2, -0.15) is 0 Å². The molecule has 0 amide bonds. The van der Waals surface area contributed by atoms with Crippen LogP contribution in [0.4, 0.5) is 5.82 Å². The molecule has 0 aromatic carbocycles. The maximum atomic E-state index is 11.3. The quantitative estimate of drug-likeness (QED) is 0.796. The zero-order valence-electron chi connectivity index (χ0n) is 9.00. The first-order chi connectivity index (χ1) is 7.23. The summed E-state index contributed by atoms with van der Waals surface area (Å²) in [4.78, 5) is 18.4. The van der Waals surface area contributed by atoms with Gasteiger partial charge in [-0.1, -0.05) is 0 Å². The second kappa shape index (κ2) is 4.05. The van der Waals surface area contributed by atoms with Gasteiger partial charge in [0, 0.05) is 13.2 Å².